The first-order chi connectivity index (χ1) is 13.0. The minimum Gasteiger partial charge on any atom is -0.322 e. The minimum atomic E-state index is -1.01. The number of carbonyl (C=O) groups excluding carboxylic acids is 3. The predicted octanol–water partition coefficient (Wildman–Crippen LogP) is 2.94. The monoisotopic (exact) mass is 402 g/mol. The number of halogens is 2. The second-order valence-corrected chi connectivity index (χ2v) is 6.30. The second-order valence-electron chi connectivity index (χ2n) is 5.46. The summed E-state index contributed by atoms with van der Waals surface area (Å²) in [6.07, 6.45) is 1.12. The lowest BCUT2D eigenvalue weighted by Gasteiger charge is -2.13. The Kier molecular flexibility index (Phi) is 4.14. The Hall–Kier alpha value is -3.23. The zero-order valence-corrected chi connectivity index (χ0v) is 14.8. The van der Waals surface area contributed by atoms with Crippen molar-refractivity contribution in [2.24, 2.45) is 0 Å². The van der Waals surface area contributed by atoms with Gasteiger partial charge in [0.1, 0.15) is 0 Å². The van der Waals surface area contributed by atoms with Crippen LogP contribution in [0, 0.1) is 0 Å². The van der Waals surface area contributed by atoms with Gasteiger partial charge in [-0.2, -0.15) is 0 Å². The van der Waals surface area contributed by atoms with Gasteiger partial charge >= 0.3 is 5.97 Å². The molecule has 4 rings (SSSR count). The SMILES string of the molecule is O=C(ON1C(=O)c2ccccc2C1=O)c1cnnn1-c1cc(Cl)ccc1Cl. The summed E-state index contributed by atoms with van der Waals surface area (Å²) in [4.78, 5) is 42.2. The van der Waals surface area contributed by atoms with E-state index in [1.165, 1.54) is 24.3 Å². The first-order valence-electron chi connectivity index (χ1n) is 7.53. The van der Waals surface area contributed by atoms with Gasteiger partial charge in [-0.05, 0) is 30.3 Å². The number of benzene rings is 2. The Morgan fingerprint density at radius 1 is 1.00 bits per heavy atom. The molecule has 1 aliphatic rings. The molecule has 1 aromatic heterocycles. The van der Waals surface area contributed by atoms with Crippen LogP contribution in [0.15, 0.2) is 48.7 Å². The average molecular weight is 403 g/mol. The molecule has 0 N–H and O–H groups in total. The van der Waals surface area contributed by atoms with Gasteiger partial charge < -0.3 is 4.84 Å². The zero-order valence-electron chi connectivity index (χ0n) is 13.3. The maximum absolute atomic E-state index is 12.5. The van der Waals surface area contributed by atoms with Crippen molar-refractivity contribution in [2.75, 3.05) is 0 Å². The lowest BCUT2D eigenvalue weighted by Crippen LogP contribution is -2.33. The van der Waals surface area contributed by atoms with Crippen molar-refractivity contribution in [3.63, 3.8) is 0 Å². The van der Waals surface area contributed by atoms with Gasteiger partial charge in [0.05, 0.1) is 28.0 Å². The number of rotatable bonds is 3. The number of fused-ring (bicyclic) bond motifs is 1. The zero-order chi connectivity index (χ0) is 19.1. The molecule has 2 amide bonds. The lowest BCUT2D eigenvalue weighted by molar-refractivity contribution is -0.0590. The van der Waals surface area contributed by atoms with E-state index in [4.69, 9.17) is 28.0 Å². The van der Waals surface area contributed by atoms with Crippen LogP contribution in [0.1, 0.15) is 31.2 Å². The summed E-state index contributed by atoms with van der Waals surface area (Å²) in [6, 6.07) is 10.7. The Labute approximate surface area is 161 Å². The molecule has 0 radical (unpaired) electrons. The van der Waals surface area contributed by atoms with Crippen LogP contribution >= 0.6 is 23.2 Å². The van der Waals surface area contributed by atoms with Crippen molar-refractivity contribution in [3.05, 3.63) is 75.5 Å². The Balaban J connectivity index is 1.65. The molecule has 27 heavy (non-hydrogen) atoms. The molecule has 0 saturated heterocycles. The third kappa shape index (κ3) is 2.84. The third-order valence-corrected chi connectivity index (χ3v) is 4.38. The highest BCUT2D eigenvalue weighted by Gasteiger charge is 2.39. The van der Waals surface area contributed by atoms with Crippen LogP contribution < -0.4 is 0 Å². The van der Waals surface area contributed by atoms with E-state index in [0.29, 0.717) is 10.1 Å². The van der Waals surface area contributed by atoms with Gasteiger partial charge in [-0.1, -0.05) is 45.6 Å². The topological polar surface area (TPSA) is 94.4 Å². The molecule has 10 heteroatoms. The summed E-state index contributed by atoms with van der Waals surface area (Å²) in [5.41, 5.74) is 0.450. The normalized spacial score (nSPS) is 13.0. The van der Waals surface area contributed by atoms with Gasteiger partial charge in [-0.15, -0.1) is 5.10 Å². The maximum atomic E-state index is 12.5. The van der Waals surface area contributed by atoms with Crippen molar-refractivity contribution in [3.8, 4) is 5.69 Å². The molecule has 3 aromatic rings. The number of amides is 2. The van der Waals surface area contributed by atoms with Gasteiger partial charge in [-0.25, -0.2) is 9.48 Å². The molecule has 0 fully saturated rings. The fourth-order valence-corrected chi connectivity index (χ4v) is 2.94. The molecule has 0 saturated carbocycles. The van der Waals surface area contributed by atoms with Crippen molar-refractivity contribution in [1.29, 1.82) is 0 Å². The molecule has 0 atom stereocenters. The van der Waals surface area contributed by atoms with Gasteiger partial charge in [0.25, 0.3) is 11.8 Å². The molecule has 0 unspecified atom stereocenters. The van der Waals surface area contributed by atoms with E-state index in [2.05, 4.69) is 10.3 Å². The molecule has 0 aliphatic carbocycles. The molecule has 134 valence electrons. The van der Waals surface area contributed by atoms with Crippen LogP contribution in [0.2, 0.25) is 10.0 Å². The average Bonchev–Trinajstić information content (AvgIpc) is 3.24. The van der Waals surface area contributed by atoms with E-state index in [9.17, 15) is 14.4 Å². The standard InChI is InChI=1S/C17H8Cl2N4O4/c18-9-5-6-12(19)13(7-9)22-14(8-20-21-22)17(26)27-23-15(24)10-3-1-2-4-11(10)16(23)25/h1-8H. The number of imide groups is 1. The summed E-state index contributed by atoms with van der Waals surface area (Å²) in [7, 11) is 0. The highest BCUT2D eigenvalue weighted by atomic mass is 35.5. The van der Waals surface area contributed by atoms with E-state index < -0.39 is 17.8 Å². The minimum absolute atomic E-state index is 0.143. The maximum Gasteiger partial charge on any atom is 0.383 e. The van der Waals surface area contributed by atoms with E-state index in [0.717, 1.165) is 10.9 Å². The predicted molar refractivity (Wildman–Crippen MR) is 93.7 cm³/mol. The smallest absolute Gasteiger partial charge is 0.322 e. The molecule has 0 bridgehead atoms. The molecular weight excluding hydrogens is 395 g/mol. The summed E-state index contributed by atoms with van der Waals surface area (Å²) >= 11 is 12.1. The first kappa shape index (κ1) is 17.2. The highest BCUT2D eigenvalue weighted by molar-refractivity contribution is 6.34. The quantitative estimate of drug-likeness (QED) is 0.625. The van der Waals surface area contributed by atoms with Gasteiger partial charge in [-0.3, -0.25) is 9.59 Å². The summed E-state index contributed by atoms with van der Waals surface area (Å²) in [5.74, 6) is -2.47. The Bertz CT molecular complexity index is 1080. The summed E-state index contributed by atoms with van der Waals surface area (Å²) in [6.45, 7) is 0. The number of aromatic nitrogens is 3. The number of nitrogens with zero attached hydrogens (tertiary/aromatic N) is 4. The van der Waals surface area contributed by atoms with Crippen LogP contribution in [0.25, 0.3) is 5.69 Å². The highest BCUT2D eigenvalue weighted by Crippen LogP contribution is 2.26. The van der Waals surface area contributed by atoms with Gasteiger partial charge in [0.15, 0.2) is 5.69 Å². The molecular formula is C17H8Cl2N4O4. The van der Waals surface area contributed by atoms with Gasteiger partial charge in [0, 0.05) is 5.02 Å². The fourth-order valence-electron chi connectivity index (χ4n) is 2.58. The summed E-state index contributed by atoms with van der Waals surface area (Å²) < 4.78 is 1.11. The molecule has 8 nitrogen and oxygen atoms in total. The van der Waals surface area contributed by atoms with Crippen LogP contribution in [-0.4, -0.2) is 37.8 Å². The van der Waals surface area contributed by atoms with E-state index in [1.807, 2.05) is 0 Å². The number of carbonyl (C=O) groups is 3. The largest absolute Gasteiger partial charge is 0.383 e. The lowest BCUT2D eigenvalue weighted by atomic mass is 10.1. The van der Waals surface area contributed by atoms with Crippen molar-refractivity contribution in [2.45, 2.75) is 0 Å². The van der Waals surface area contributed by atoms with E-state index in [1.54, 1.807) is 18.2 Å². The summed E-state index contributed by atoms with van der Waals surface area (Å²) in [5, 5.41) is 8.50. The third-order valence-electron chi connectivity index (χ3n) is 3.83. The van der Waals surface area contributed by atoms with Crippen molar-refractivity contribution < 1.29 is 19.2 Å². The Morgan fingerprint density at radius 2 is 1.67 bits per heavy atom. The fraction of sp³-hybridized carbons (Fsp3) is 0. The van der Waals surface area contributed by atoms with Crippen molar-refractivity contribution >= 4 is 41.0 Å². The van der Waals surface area contributed by atoms with Crippen LogP contribution in [0.5, 0.6) is 0 Å². The molecule has 1 aliphatic heterocycles. The van der Waals surface area contributed by atoms with E-state index >= 15 is 0 Å². The van der Waals surface area contributed by atoms with E-state index in [-0.39, 0.29) is 27.5 Å². The van der Waals surface area contributed by atoms with Crippen molar-refractivity contribution in [1.82, 2.24) is 20.1 Å². The number of hydroxylamine groups is 2. The van der Waals surface area contributed by atoms with Crippen LogP contribution in [0.4, 0.5) is 0 Å². The van der Waals surface area contributed by atoms with Crippen LogP contribution in [-0.2, 0) is 4.84 Å². The number of hydrogen-bond acceptors (Lipinski definition) is 6. The molecule has 0 spiro atoms. The number of hydrogen-bond donors (Lipinski definition) is 0. The molecule has 2 heterocycles. The Morgan fingerprint density at radius 3 is 2.33 bits per heavy atom. The van der Waals surface area contributed by atoms with Crippen LogP contribution in [0.3, 0.4) is 0 Å². The molecule has 2 aromatic carbocycles. The second kappa shape index (κ2) is 6.49. The van der Waals surface area contributed by atoms with Gasteiger partial charge in [0.2, 0.25) is 0 Å². The first-order valence-corrected chi connectivity index (χ1v) is 8.29.